The van der Waals surface area contributed by atoms with E-state index >= 15 is 0 Å². The molecule has 0 aliphatic carbocycles. The van der Waals surface area contributed by atoms with Gasteiger partial charge in [0.1, 0.15) is 6.04 Å². The Bertz CT molecular complexity index is 293. The summed E-state index contributed by atoms with van der Waals surface area (Å²) in [6.45, 7) is 0.185. The number of hydrogen-bond acceptors (Lipinski definition) is 4. The summed E-state index contributed by atoms with van der Waals surface area (Å²) in [5.41, 5.74) is 10.3. The van der Waals surface area contributed by atoms with E-state index in [-0.39, 0.29) is 13.0 Å². The van der Waals surface area contributed by atoms with Gasteiger partial charge >= 0.3 is 0 Å². The van der Waals surface area contributed by atoms with Crippen LogP contribution >= 0.6 is 0 Å². The van der Waals surface area contributed by atoms with Gasteiger partial charge in [0.2, 0.25) is 5.91 Å². The lowest BCUT2D eigenvalue weighted by Gasteiger charge is -2.22. The minimum atomic E-state index is -0.935. The standard InChI is InChI=1S/C8H11N3O3/c9-4-3-5(8(10)14)11-6(12)1-2-7(11)13/h1-2,5H,3-4,9H2,(H2,10,14). The maximum absolute atomic E-state index is 11.2. The third-order valence-electron chi connectivity index (χ3n) is 1.92. The number of hydrogen-bond donors (Lipinski definition) is 2. The molecule has 76 valence electrons. The van der Waals surface area contributed by atoms with Gasteiger partial charge in [-0.1, -0.05) is 0 Å². The first-order valence-corrected chi connectivity index (χ1v) is 4.12. The summed E-state index contributed by atoms with van der Waals surface area (Å²) in [6, 6.07) is -0.935. The van der Waals surface area contributed by atoms with Crippen LogP contribution in [0.3, 0.4) is 0 Å². The maximum Gasteiger partial charge on any atom is 0.254 e. The van der Waals surface area contributed by atoms with E-state index in [9.17, 15) is 14.4 Å². The summed E-state index contributed by atoms with van der Waals surface area (Å²) in [7, 11) is 0. The van der Waals surface area contributed by atoms with Crippen molar-refractivity contribution in [3.63, 3.8) is 0 Å². The molecule has 0 radical (unpaired) electrons. The Morgan fingerprint density at radius 1 is 1.36 bits per heavy atom. The molecule has 6 nitrogen and oxygen atoms in total. The van der Waals surface area contributed by atoms with Crippen LogP contribution in [0.25, 0.3) is 0 Å². The van der Waals surface area contributed by atoms with Crippen LogP contribution in [0.4, 0.5) is 0 Å². The highest BCUT2D eigenvalue weighted by Gasteiger charge is 2.33. The summed E-state index contributed by atoms with van der Waals surface area (Å²) in [4.78, 5) is 34.1. The Labute approximate surface area is 80.5 Å². The molecule has 1 aliphatic rings. The molecule has 1 aliphatic heterocycles. The van der Waals surface area contributed by atoms with Gasteiger partial charge in [-0.2, -0.15) is 0 Å². The lowest BCUT2D eigenvalue weighted by Crippen LogP contribution is -2.48. The third kappa shape index (κ3) is 1.80. The zero-order chi connectivity index (χ0) is 10.7. The highest BCUT2D eigenvalue weighted by Crippen LogP contribution is 2.11. The summed E-state index contributed by atoms with van der Waals surface area (Å²) in [6.07, 6.45) is 2.40. The van der Waals surface area contributed by atoms with Gasteiger partial charge < -0.3 is 11.5 Å². The van der Waals surface area contributed by atoms with Crippen molar-refractivity contribution in [3.8, 4) is 0 Å². The molecule has 0 bridgehead atoms. The fourth-order valence-corrected chi connectivity index (χ4v) is 1.28. The molecule has 0 fully saturated rings. The number of primary amides is 1. The van der Waals surface area contributed by atoms with Crippen molar-refractivity contribution in [1.82, 2.24) is 4.90 Å². The first-order chi connectivity index (χ1) is 6.57. The minimum Gasteiger partial charge on any atom is -0.368 e. The minimum absolute atomic E-state index is 0.185. The molecule has 0 aromatic rings. The van der Waals surface area contributed by atoms with Crippen LogP contribution in [-0.4, -0.2) is 35.2 Å². The summed E-state index contributed by atoms with van der Waals surface area (Å²) in [5.74, 6) is -1.76. The van der Waals surface area contributed by atoms with Crippen molar-refractivity contribution in [2.45, 2.75) is 12.5 Å². The molecule has 1 rings (SSSR count). The van der Waals surface area contributed by atoms with E-state index in [0.29, 0.717) is 0 Å². The van der Waals surface area contributed by atoms with Gasteiger partial charge in [-0.3, -0.25) is 19.3 Å². The normalized spacial score (nSPS) is 17.6. The smallest absolute Gasteiger partial charge is 0.254 e. The average molecular weight is 197 g/mol. The molecule has 1 unspecified atom stereocenters. The highest BCUT2D eigenvalue weighted by atomic mass is 16.2. The fourth-order valence-electron chi connectivity index (χ4n) is 1.28. The third-order valence-corrected chi connectivity index (χ3v) is 1.92. The second-order valence-electron chi connectivity index (χ2n) is 2.88. The average Bonchev–Trinajstić information content (AvgIpc) is 2.43. The molecule has 0 saturated carbocycles. The van der Waals surface area contributed by atoms with E-state index in [1.54, 1.807) is 0 Å². The summed E-state index contributed by atoms with van der Waals surface area (Å²) < 4.78 is 0. The van der Waals surface area contributed by atoms with E-state index in [4.69, 9.17) is 11.5 Å². The lowest BCUT2D eigenvalue weighted by molar-refractivity contribution is -0.144. The van der Waals surface area contributed by atoms with Gasteiger partial charge in [0.05, 0.1) is 0 Å². The molecule has 6 heteroatoms. The summed E-state index contributed by atoms with van der Waals surface area (Å²) in [5, 5.41) is 0. The van der Waals surface area contributed by atoms with Crippen LogP contribution < -0.4 is 11.5 Å². The van der Waals surface area contributed by atoms with E-state index in [1.807, 2.05) is 0 Å². The molecule has 0 aromatic heterocycles. The van der Waals surface area contributed by atoms with Crippen molar-refractivity contribution in [2.24, 2.45) is 11.5 Å². The van der Waals surface area contributed by atoms with E-state index in [2.05, 4.69) is 0 Å². The second-order valence-corrected chi connectivity index (χ2v) is 2.88. The Balaban J connectivity index is 2.83. The van der Waals surface area contributed by atoms with Crippen molar-refractivity contribution < 1.29 is 14.4 Å². The number of nitrogens with two attached hydrogens (primary N) is 2. The van der Waals surface area contributed by atoms with Gasteiger partial charge in [0.25, 0.3) is 11.8 Å². The zero-order valence-corrected chi connectivity index (χ0v) is 7.47. The van der Waals surface area contributed by atoms with Gasteiger partial charge in [0, 0.05) is 12.2 Å². The molecule has 14 heavy (non-hydrogen) atoms. The highest BCUT2D eigenvalue weighted by molar-refractivity contribution is 6.15. The summed E-state index contributed by atoms with van der Waals surface area (Å²) >= 11 is 0. The fraction of sp³-hybridized carbons (Fsp3) is 0.375. The van der Waals surface area contributed by atoms with Gasteiger partial charge in [-0.25, -0.2) is 0 Å². The van der Waals surface area contributed by atoms with Crippen LogP contribution in [0.1, 0.15) is 6.42 Å². The van der Waals surface area contributed by atoms with E-state index in [1.165, 1.54) is 0 Å². The van der Waals surface area contributed by atoms with Crippen LogP contribution in [0, 0.1) is 0 Å². The Morgan fingerprint density at radius 2 is 1.86 bits per heavy atom. The molecule has 0 spiro atoms. The monoisotopic (exact) mass is 197 g/mol. The second kappa shape index (κ2) is 4.01. The molecule has 1 heterocycles. The molecule has 4 N–H and O–H groups in total. The molecular formula is C8H11N3O3. The molecular weight excluding hydrogens is 186 g/mol. The van der Waals surface area contributed by atoms with Crippen molar-refractivity contribution in [1.29, 1.82) is 0 Å². The molecule has 0 saturated heterocycles. The first-order valence-electron chi connectivity index (χ1n) is 4.12. The van der Waals surface area contributed by atoms with Crippen LogP contribution in [0.2, 0.25) is 0 Å². The number of rotatable bonds is 4. The number of nitrogens with zero attached hydrogens (tertiary/aromatic N) is 1. The van der Waals surface area contributed by atoms with Crippen LogP contribution in [0.5, 0.6) is 0 Å². The van der Waals surface area contributed by atoms with Crippen molar-refractivity contribution in [3.05, 3.63) is 12.2 Å². The zero-order valence-electron chi connectivity index (χ0n) is 7.47. The predicted molar refractivity (Wildman–Crippen MR) is 47.6 cm³/mol. The van der Waals surface area contributed by atoms with Gasteiger partial charge in [-0.05, 0) is 13.0 Å². The maximum atomic E-state index is 11.2. The number of amides is 3. The number of carbonyl (C=O) groups excluding carboxylic acids is 3. The van der Waals surface area contributed by atoms with E-state index in [0.717, 1.165) is 17.1 Å². The quantitative estimate of drug-likeness (QED) is 0.514. The van der Waals surface area contributed by atoms with Crippen molar-refractivity contribution in [2.75, 3.05) is 6.54 Å². The van der Waals surface area contributed by atoms with Gasteiger partial charge in [0.15, 0.2) is 0 Å². The molecule has 1 atom stereocenters. The van der Waals surface area contributed by atoms with Crippen molar-refractivity contribution >= 4 is 17.7 Å². The number of imide groups is 1. The molecule has 3 amide bonds. The Hall–Kier alpha value is -1.69. The lowest BCUT2D eigenvalue weighted by atomic mass is 10.1. The van der Waals surface area contributed by atoms with E-state index < -0.39 is 23.8 Å². The Morgan fingerprint density at radius 3 is 2.21 bits per heavy atom. The molecule has 0 aromatic carbocycles. The first kappa shape index (κ1) is 10.4. The van der Waals surface area contributed by atoms with Gasteiger partial charge in [-0.15, -0.1) is 0 Å². The predicted octanol–water partition coefficient (Wildman–Crippen LogP) is -1.89. The Kier molecular flexibility index (Phi) is 2.98. The topological polar surface area (TPSA) is 106 Å². The SMILES string of the molecule is NCCC(C(N)=O)N1C(=O)C=CC1=O. The largest absolute Gasteiger partial charge is 0.368 e. The number of carbonyl (C=O) groups is 3. The van der Waals surface area contributed by atoms with Crippen LogP contribution in [0.15, 0.2) is 12.2 Å². The van der Waals surface area contributed by atoms with Crippen LogP contribution in [-0.2, 0) is 14.4 Å².